The quantitative estimate of drug-likeness (QED) is 0.247. The molecule has 0 fully saturated rings. The minimum absolute atomic E-state index is 0.362. The lowest BCUT2D eigenvalue weighted by atomic mass is 9.96. The largest absolute Gasteiger partial charge is 0.259 e. The molecule has 0 bridgehead atoms. The number of fused-ring (bicyclic) bond motifs is 5. The van der Waals surface area contributed by atoms with Crippen LogP contribution in [-0.2, 0) is 0 Å². The number of hydrogen-bond acceptors (Lipinski definition) is 6. The molecule has 1 aliphatic heterocycles. The number of para-hydroxylation sites is 1. The Bertz CT molecular complexity index is 2160. The van der Waals surface area contributed by atoms with E-state index in [1.165, 1.54) is 0 Å². The lowest BCUT2D eigenvalue weighted by molar-refractivity contribution is 1.05. The van der Waals surface area contributed by atoms with E-state index in [1.807, 2.05) is 91.0 Å². The van der Waals surface area contributed by atoms with Gasteiger partial charge in [-0.2, -0.15) is 0 Å². The van der Waals surface area contributed by atoms with Gasteiger partial charge in [0.1, 0.15) is 6.67 Å². The molecular weight excluding hydrogens is 504 g/mol. The van der Waals surface area contributed by atoms with E-state index in [0.29, 0.717) is 24.1 Å². The maximum absolute atomic E-state index is 5.14. The molecule has 0 aliphatic carbocycles. The van der Waals surface area contributed by atoms with Crippen molar-refractivity contribution in [2.24, 2.45) is 9.98 Å². The zero-order valence-electron chi connectivity index (χ0n) is 21.9. The van der Waals surface area contributed by atoms with E-state index in [-0.39, 0.29) is 0 Å². The number of benzene rings is 5. The molecule has 1 aliphatic rings. The van der Waals surface area contributed by atoms with Gasteiger partial charge in [0.05, 0.1) is 21.9 Å². The summed E-state index contributed by atoms with van der Waals surface area (Å²) >= 11 is 0. The average molecular weight is 527 g/mol. The second kappa shape index (κ2) is 9.54. The third-order valence-corrected chi connectivity index (χ3v) is 7.38. The van der Waals surface area contributed by atoms with Crippen LogP contribution in [-0.4, -0.2) is 26.6 Å². The van der Waals surface area contributed by atoms with Gasteiger partial charge in [-0.25, -0.2) is 19.9 Å². The van der Waals surface area contributed by atoms with Crippen molar-refractivity contribution in [3.8, 4) is 45.4 Å². The summed E-state index contributed by atoms with van der Waals surface area (Å²) in [6.07, 6.45) is 0. The van der Waals surface area contributed by atoms with Crippen LogP contribution in [0, 0.1) is 0 Å². The summed E-state index contributed by atoms with van der Waals surface area (Å²) in [4.78, 5) is 29.8. The van der Waals surface area contributed by atoms with E-state index in [2.05, 4.69) is 30.3 Å². The van der Waals surface area contributed by atoms with Gasteiger partial charge in [0.2, 0.25) is 0 Å². The average Bonchev–Trinajstić information content (AvgIpc) is 3.55. The van der Waals surface area contributed by atoms with Gasteiger partial charge in [-0.15, -0.1) is 0 Å². The zero-order chi connectivity index (χ0) is 27.2. The van der Waals surface area contributed by atoms with Gasteiger partial charge in [0.25, 0.3) is 0 Å². The Kier molecular flexibility index (Phi) is 5.42. The van der Waals surface area contributed by atoms with Crippen LogP contribution in [0.5, 0.6) is 0 Å². The van der Waals surface area contributed by atoms with Crippen LogP contribution in [0.2, 0.25) is 0 Å². The van der Waals surface area contributed by atoms with Crippen LogP contribution in [0.3, 0.4) is 0 Å². The Morgan fingerprint density at radius 3 is 1.63 bits per heavy atom. The molecule has 3 heterocycles. The molecule has 0 saturated heterocycles. The van der Waals surface area contributed by atoms with E-state index in [1.54, 1.807) is 0 Å². The molecule has 6 nitrogen and oxygen atoms in total. The summed E-state index contributed by atoms with van der Waals surface area (Å²) < 4.78 is 0. The van der Waals surface area contributed by atoms with Crippen LogP contribution < -0.4 is 10.7 Å². The molecule has 0 spiro atoms. The highest BCUT2D eigenvalue weighted by Crippen LogP contribution is 2.33. The van der Waals surface area contributed by atoms with E-state index >= 15 is 0 Å². The van der Waals surface area contributed by atoms with Gasteiger partial charge >= 0.3 is 0 Å². The molecule has 41 heavy (non-hydrogen) atoms. The first kappa shape index (κ1) is 23.3. The fraction of sp³-hybridized carbons (Fsp3) is 0.0286. The SMILES string of the molecule is c1ccc(-c2nc(-c3ccccc3)nc(-c3cc4c(-c5ccccc5)nc5ccccc5c4c4c3=NCN=4)n2)cc1. The van der Waals surface area contributed by atoms with Crippen molar-refractivity contribution in [2.45, 2.75) is 0 Å². The standard InChI is InChI=1S/C35H22N6/c1-4-12-22(13-5-1)30-26-20-27(31-32(37-21-36-31)29(26)25-18-10-11-19-28(25)38-30)35-40-33(23-14-6-2-7-15-23)39-34(41-35)24-16-8-3-9-17-24/h1-20H,21H2. The summed E-state index contributed by atoms with van der Waals surface area (Å²) in [7, 11) is 0. The van der Waals surface area contributed by atoms with Crippen molar-refractivity contribution in [2.75, 3.05) is 6.67 Å². The van der Waals surface area contributed by atoms with Gasteiger partial charge < -0.3 is 0 Å². The number of nitrogens with zero attached hydrogens (tertiary/aromatic N) is 6. The lowest BCUT2D eigenvalue weighted by Crippen LogP contribution is -2.26. The Labute approximate surface area is 235 Å². The van der Waals surface area contributed by atoms with E-state index in [0.717, 1.165) is 60.3 Å². The van der Waals surface area contributed by atoms with Crippen molar-refractivity contribution in [1.29, 1.82) is 0 Å². The maximum atomic E-state index is 5.14. The van der Waals surface area contributed by atoms with Gasteiger partial charge in [0, 0.05) is 38.4 Å². The van der Waals surface area contributed by atoms with Crippen LogP contribution in [0.25, 0.3) is 67.1 Å². The molecule has 0 saturated carbocycles. The molecule has 5 aromatic carbocycles. The van der Waals surface area contributed by atoms with Gasteiger partial charge in [-0.3, -0.25) is 9.98 Å². The predicted octanol–water partition coefficient (Wildman–Crippen LogP) is 6.45. The molecule has 6 heteroatoms. The Hall–Kier alpha value is -5.62. The van der Waals surface area contributed by atoms with Crippen molar-refractivity contribution < 1.29 is 0 Å². The number of hydrogen-bond donors (Lipinski definition) is 0. The van der Waals surface area contributed by atoms with E-state index < -0.39 is 0 Å². The van der Waals surface area contributed by atoms with Gasteiger partial charge in [0.15, 0.2) is 17.5 Å². The summed E-state index contributed by atoms with van der Waals surface area (Å²) in [6, 6.07) is 40.7. The topological polar surface area (TPSA) is 76.3 Å². The van der Waals surface area contributed by atoms with Crippen molar-refractivity contribution in [1.82, 2.24) is 19.9 Å². The second-order valence-corrected chi connectivity index (χ2v) is 9.88. The predicted molar refractivity (Wildman–Crippen MR) is 162 cm³/mol. The second-order valence-electron chi connectivity index (χ2n) is 9.88. The minimum atomic E-state index is 0.362. The molecule has 2 aromatic heterocycles. The van der Waals surface area contributed by atoms with E-state index in [9.17, 15) is 0 Å². The highest BCUT2D eigenvalue weighted by atomic mass is 15.0. The highest BCUT2D eigenvalue weighted by Gasteiger charge is 2.20. The van der Waals surface area contributed by atoms with Gasteiger partial charge in [-0.1, -0.05) is 109 Å². The monoisotopic (exact) mass is 526 g/mol. The third kappa shape index (κ3) is 3.96. The number of rotatable bonds is 4. The number of aromatic nitrogens is 4. The first-order chi connectivity index (χ1) is 20.3. The molecule has 8 rings (SSSR count). The fourth-order valence-electron chi connectivity index (χ4n) is 5.49. The summed E-state index contributed by atoms with van der Waals surface area (Å²) in [5, 5.41) is 4.76. The normalized spacial score (nSPS) is 12.2. The molecule has 0 atom stereocenters. The van der Waals surface area contributed by atoms with Crippen molar-refractivity contribution in [3.05, 3.63) is 132 Å². The third-order valence-electron chi connectivity index (χ3n) is 7.38. The zero-order valence-corrected chi connectivity index (χ0v) is 21.9. The first-order valence-corrected chi connectivity index (χ1v) is 13.5. The molecule has 7 aromatic rings. The van der Waals surface area contributed by atoms with Gasteiger partial charge in [-0.05, 0) is 12.1 Å². The van der Waals surface area contributed by atoms with Crippen LogP contribution >= 0.6 is 0 Å². The van der Waals surface area contributed by atoms with Crippen LogP contribution in [0.1, 0.15) is 0 Å². The molecule has 0 N–H and O–H groups in total. The van der Waals surface area contributed by atoms with Crippen LogP contribution in [0.4, 0.5) is 0 Å². The Balaban J connectivity index is 1.48. The van der Waals surface area contributed by atoms with E-state index in [4.69, 9.17) is 29.9 Å². The van der Waals surface area contributed by atoms with Crippen molar-refractivity contribution in [3.63, 3.8) is 0 Å². The van der Waals surface area contributed by atoms with Crippen molar-refractivity contribution >= 4 is 21.7 Å². The smallest absolute Gasteiger partial charge is 0.166 e. The fourth-order valence-corrected chi connectivity index (χ4v) is 5.49. The molecular formula is C35H22N6. The highest BCUT2D eigenvalue weighted by molar-refractivity contribution is 6.11. The minimum Gasteiger partial charge on any atom is -0.259 e. The molecule has 0 amide bonds. The summed E-state index contributed by atoms with van der Waals surface area (Å²) in [5.74, 6) is 1.78. The number of pyridine rings is 1. The Morgan fingerprint density at radius 1 is 0.439 bits per heavy atom. The molecule has 0 radical (unpaired) electrons. The summed E-state index contributed by atoms with van der Waals surface area (Å²) in [6.45, 7) is 0.362. The summed E-state index contributed by atoms with van der Waals surface area (Å²) in [5.41, 5.74) is 5.52. The first-order valence-electron chi connectivity index (χ1n) is 13.5. The van der Waals surface area contributed by atoms with Crippen LogP contribution in [0.15, 0.2) is 131 Å². The molecule has 192 valence electrons. The molecule has 0 unspecified atom stereocenters. The lowest BCUT2D eigenvalue weighted by Gasteiger charge is -2.13. The Morgan fingerprint density at radius 2 is 0.976 bits per heavy atom. The maximum Gasteiger partial charge on any atom is 0.166 e.